The molecule has 45 heavy (non-hydrogen) atoms. The number of Topliss-reactive ketones (excluding diaryl/α,β-unsaturated/α-hetero) is 1. The Kier molecular flexibility index (Phi) is 8.69. The summed E-state index contributed by atoms with van der Waals surface area (Å²) in [5.41, 5.74) is 7.33. The first kappa shape index (κ1) is 32.4. The quantitative estimate of drug-likeness (QED) is 0.145. The minimum Gasteiger partial charge on any atom is -0.497 e. The fraction of sp³-hybridized carbons (Fsp3) is 0.474. The number of hydrogen-bond donors (Lipinski definition) is 0. The number of hydrogen-bond acceptors (Lipinski definition) is 6. The second-order valence-corrected chi connectivity index (χ2v) is 14.3. The third-order valence-corrected chi connectivity index (χ3v) is 9.68. The van der Waals surface area contributed by atoms with Gasteiger partial charge in [0.2, 0.25) is 11.5 Å². The molecule has 0 atom stereocenters. The van der Waals surface area contributed by atoms with E-state index in [-0.39, 0.29) is 11.2 Å². The fourth-order valence-electron chi connectivity index (χ4n) is 6.87. The number of rotatable bonds is 11. The van der Waals surface area contributed by atoms with E-state index in [9.17, 15) is 9.70 Å². The topological polar surface area (TPSA) is 71.2 Å². The zero-order valence-corrected chi connectivity index (χ0v) is 28.6. The average Bonchev–Trinajstić information content (AvgIpc) is 3.34. The predicted molar refractivity (Wildman–Crippen MR) is 182 cm³/mol. The van der Waals surface area contributed by atoms with Gasteiger partial charge in [0, 0.05) is 47.5 Å². The van der Waals surface area contributed by atoms with Gasteiger partial charge in [-0.3, -0.25) is 4.79 Å². The van der Waals surface area contributed by atoms with Crippen molar-refractivity contribution in [1.82, 2.24) is 0 Å². The zero-order chi connectivity index (χ0) is 32.8. The maximum atomic E-state index is 14.0. The van der Waals surface area contributed by atoms with Gasteiger partial charge in [0.15, 0.2) is 5.71 Å². The number of carbonyl (C=O) groups is 1. The van der Waals surface area contributed by atoms with Crippen molar-refractivity contribution in [3.05, 3.63) is 87.2 Å². The summed E-state index contributed by atoms with van der Waals surface area (Å²) in [6.07, 6.45) is 6.06. The van der Waals surface area contributed by atoms with Crippen molar-refractivity contribution in [2.45, 2.75) is 79.1 Å². The highest BCUT2D eigenvalue weighted by Crippen LogP contribution is 2.51. The second kappa shape index (κ2) is 12.1. The number of ketones is 1. The first-order valence-electron chi connectivity index (χ1n) is 16.1. The van der Waals surface area contributed by atoms with Gasteiger partial charge >= 0.3 is 0 Å². The lowest BCUT2D eigenvalue weighted by molar-refractivity contribution is -0.439. The molecule has 0 saturated carbocycles. The Bertz CT molecular complexity index is 1670. The van der Waals surface area contributed by atoms with Gasteiger partial charge in [-0.05, 0) is 79.3 Å². The summed E-state index contributed by atoms with van der Waals surface area (Å²) >= 11 is 0. The number of carbonyl (C=O) groups excluding carboxylic acids is 1. The second-order valence-electron chi connectivity index (χ2n) is 14.3. The van der Waals surface area contributed by atoms with Gasteiger partial charge in [0.25, 0.3) is 0 Å². The van der Waals surface area contributed by atoms with Crippen LogP contribution in [0.5, 0.6) is 5.75 Å². The molecule has 2 aromatic carbocycles. The highest BCUT2D eigenvalue weighted by Gasteiger charge is 2.48. The van der Waals surface area contributed by atoms with E-state index >= 15 is 0 Å². The lowest BCUT2D eigenvalue weighted by Crippen LogP contribution is -2.33. The molecule has 3 aliphatic rings. The van der Waals surface area contributed by atoms with Crippen LogP contribution >= 0.6 is 0 Å². The van der Waals surface area contributed by atoms with Gasteiger partial charge in [0.05, 0.1) is 30.8 Å². The van der Waals surface area contributed by atoms with Crippen LogP contribution in [0, 0.1) is 16.7 Å². The number of ether oxygens (including phenoxy) is 2. The van der Waals surface area contributed by atoms with E-state index in [0.717, 1.165) is 60.0 Å². The third kappa shape index (κ3) is 5.55. The standard InChI is InChI=1S/C38H48N3O4/c1-23(2)15-17-40-31-13-11-25(39-43)19-29(31)37(5,6)33(40)21-27-35(42)28(36(27)45-10)22-34-38(7,8)30-20-26(44-9)12-14-32(30)41(34)18-16-24(3)4/h11-14,19-24H,15-18H2,1-10H3/q+1. The number of anilines is 1. The van der Waals surface area contributed by atoms with Crippen LogP contribution in [-0.4, -0.2) is 43.4 Å². The van der Waals surface area contributed by atoms with Crippen LogP contribution in [0.2, 0.25) is 0 Å². The normalized spacial score (nSPS) is 20.0. The van der Waals surface area contributed by atoms with E-state index in [1.165, 1.54) is 5.56 Å². The summed E-state index contributed by atoms with van der Waals surface area (Å²) in [6, 6.07) is 11.9. The van der Waals surface area contributed by atoms with E-state index < -0.39 is 5.41 Å². The summed E-state index contributed by atoms with van der Waals surface area (Å²) in [4.78, 5) is 27.8. The number of benzene rings is 2. The van der Waals surface area contributed by atoms with Crippen LogP contribution < -0.4 is 9.64 Å². The molecule has 2 aliphatic heterocycles. The molecule has 2 aromatic rings. The largest absolute Gasteiger partial charge is 0.497 e. The Morgan fingerprint density at radius 2 is 1.60 bits per heavy atom. The Labute approximate surface area is 268 Å². The average molecular weight is 611 g/mol. The van der Waals surface area contributed by atoms with E-state index in [4.69, 9.17) is 9.47 Å². The van der Waals surface area contributed by atoms with Crippen LogP contribution in [0.15, 0.2) is 76.3 Å². The highest BCUT2D eigenvalue weighted by atomic mass is 16.5. The van der Waals surface area contributed by atoms with Crippen molar-refractivity contribution in [3.63, 3.8) is 0 Å². The molecule has 7 nitrogen and oxygen atoms in total. The molecule has 0 N–H and O–H groups in total. The lowest BCUT2D eigenvalue weighted by Gasteiger charge is -2.30. The van der Waals surface area contributed by atoms with Gasteiger partial charge in [-0.1, -0.05) is 41.5 Å². The van der Waals surface area contributed by atoms with Crippen molar-refractivity contribution in [2.24, 2.45) is 17.0 Å². The smallest absolute Gasteiger partial charge is 0.210 e. The molecule has 0 bridgehead atoms. The fourth-order valence-corrected chi connectivity index (χ4v) is 6.87. The molecule has 7 heteroatoms. The molecule has 0 fully saturated rings. The Balaban J connectivity index is 1.62. The van der Waals surface area contributed by atoms with Crippen molar-refractivity contribution in [3.8, 4) is 5.75 Å². The van der Waals surface area contributed by atoms with Crippen molar-refractivity contribution < 1.29 is 18.8 Å². The van der Waals surface area contributed by atoms with Crippen LogP contribution in [0.1, 0.15) is 79.4 Å². The van der Waals surface area contributed by atoms with E-state index in [1.54, 1.807) is 20.3 Å². The summed E-state index contributed by atoms with van der Waals surface area (Å²) < 4.78 is 13.9. The number of fused-ring (bicyclic) bond motifs is 2. The van der Waals surface area contributed by atoms with Gasteiger partial charge in [0.1, 0.15) is 23.7 Å². The molecule has 0 spiro atoms. The van der Waals surface area contributed by atoms with Crippen molar-refractivity contribution >= 4 is 28.6 Å². The molecule has 0 unspecified atom stereocenters. The van der Waals surface area contributed by atoms with Crippen LogP contribution in [0.4, 0.5) is 17.1 Å². The molecular weight excluding hydrogens is 562 g/mol. The minimum atomic E-state index is -0.435. The minimum absolute atomic E-state index is 0.0224. The first-order chi connectivity index (χ1) is 21.3. The first-order valence-corrected chi connectivity index (χ1v) is 16.1. The number of nitrogens with zero attached hydrogens (tertiary/aromatic N) is 3. The number of methoxy groups -OCH3 is 2. The monoisotopic (exact) mass is 610 g/mol. The van der Waals surface area contributed by atoms with E-state index in [2.05, 4.69) is 82.2 Å². The molecule has 5 rings (SSSR count). The summed E-state index contributed by atoms with van der Waals surface area (Å²) in [5, 5.41) is 3.20. The molecule has 0 saturated heterocycles. The van der Waals surface area contributed by atoms with Gasteiger partial charge in [-0.25, -0.2) is 0 Å². The third-order valence-electron chi connectivity index (χ3n) is 9.68. The number of nitroso groups, excluding NO2 is 1. The van der Waals surface area contributed by atoms with E-state index in [0.29, 0.717) is 34.4 Å². The zero-order valence-electron chi connectivity index (χ0n) is 28.6. The van der Waals surface area contributed by atoms with Gasteiger partial charge in [-0.2, -0.15) is 4.58 Å². The van der Waals surface area contributed by atoms with E-state index in [1.807, 2.05) is 30.4 Å². The molecule has 0 aromatic heterocycles. The van der Waals surface area contributed by atoms with Crippen molar-refractivity contribution in [2.75, 3.05) is 32.2 Å². The SMILES string of the molecule is COC1=C(/C=C2\N(CCC(C)C)c3ccc(N=O)cc3C2(C)C)C(=O)/C1=C/C1=[N+](CCC(C)C)c2ccc(OC)cc2C1(C)C. The Morgan fingerprint density at radius 3 is 2.22 bits per heavy atom. The Morgan fingerprint density at radius 1 is 0.889 bits per heavy atom. The molecule has 2 heterocycles. The molecule has 1 aliphatic carbocycles. The highest BCUT2D eigenvalue weighted by molar-refractivity contribution is 6.24. The van der Waals surface area contributed by atoms with Crippen molar-refractivity contribution in [1.29, 1.82) is 0 Å². The summed E-state index contributed by atoms with van der Waals surface area (Å²) in [7, 11) is 3.33. The maximum absolute atomic E-state index is 14.0. The van der Waals surface area contributed by atoms with Crippen LogP contribution in [0.25, 0.3) is 0 Å². The van der Waals surface area contributed by atoms with Crippen LogP contribution in [-0.2, 0) is 20.4 Å². The maximum Gasteiger partial charge on any atom is 0.210 e. The van der Waals surface area contributed by atoms with Crippen LogP contribution in [0.3, 0.4) is 0 Å². The lowest BCUT2D eigenvalue weighted by atomic mass is 9.77. The predicted octanol–water partition coefficient (Wildman–Crippen LogP) is 8.65. The van der Waals surface area contributed by atoms with Gasteiger partial charge < -0.3 is 14.4 Å². The summed E-state index contributed by atoms with van der Waals surface area (Å²) in [6.45, 7) is 19.3. The Hall–Kier alpha value is -4.00. The molecule has 238 valence electrons. The summed E-state index contributed by atoms with van der Waals surface area (Å²) in [5.74, 6) is 2.46. The molecule has 0 amide bonds. The van der Waals surface area contributed by atoms with Gasteiger partial charge in [-0.15, -0.1) is 4.91 Å². The molecule has 0 radical (unpaired) electrons. The number of allylic oxidation sites excluding steroid dienone is 5. The molecular formula is C38H48N3O4+.